The second kappa shape index (κ2) is 6.34. The van der Waals surface area contributed by atoms with Crippen LogP contribution in [0.5, 0.6) is 0 Å². The van der Waals surface area contributed by atoms with Crippen LogP contribution in [-0.2, 0) is 19.6 Å². The van der Waals surface area contributed by atoms with E-state index in [1.165, 1.54) is 19.2 Å². The average molecular weight is 300 g/mol. The Morgan fingerprint density at radius 2 is 1.95 bits per heavy atom. The summed E-state index contributed by atoms with van der Waals surface area (Å²) in [7, 11) is -2.21. The number of sulfonamides is 1. The van der Waals surface area contributed by atoms with Crippen LogP contribution in [0.1, 0.15) is 20.8 Å². The maximum atomic E-state index is 12.2. The summed E-state index contributed by atoms with van der Waals surface area (Å²) in [6.45, 7) is 5.19. The van der Waals surface area contributed by atoms with Crippen molar-refractivity contribution in [2.24, 2.45) is 0 Å². The van der Waals surface area contributed by atoms with E-state index in [0.29, 0.717) is 5.69 Å². The molecule has 0 spiro atoms. The summed E-state index contributed by atoms with van der Waals surface area (Å²) in [5.41, 5.74) is -0.169. The fraction of sp³-hybridized carbons (Fsp3) is 0.462. The summed E-state index contributed by atoms with van der Waals surface area (Å²) in [6.07, 6.45) is 0. The van der Waals surface area contributed by atoms with Crippen molar-refractivity contribution in [1.29, 1.82) is 0 Å². The summed E-state index contributed by atoms with van der Waals surface area (Å²) in [5, 5.41) is 2.56. The Kier molecular flexibility index (Phi) is 5.27. The van der Waals surface area contributed by atoms with E-state index in [1.807, 2.05) is 0 Å². The number of carbonyl (C=O) groups is 1. The first-order chi connectivity index (χ1) is 9.14. The zero-order valence-corrected chi connectivity index (χ0v) is 12.9. The SMILES string of the molecule is COCC(=O)Nc1cccc(S(=O)(=O)NC(C)(C)C)c1. The number of hydrogen-bond acceptors (Lipinski definition) is 4. The number of ether oxygens (including phenoxy) is 1. The smallest absolute Gasteiger partial charge is 0.250 e. The molecule has 1 aromatic carbocycles. The first-order valence-electron chi connectivity index (χ1n) is 6.07. The molecule has 0 heterocycles. The monoisotopic (exact) mass is 300 g/mol. The molecule has 1 aromatic rings. The number of benzene rings is 1. The summed E-state index contributed by atoms with van der Waals surface area (Å²) >= 11 is 0. The van der Waals surface area contributed by atoms with Gasteiger partial charge in [-0.05, 0) is 39.0 Å². The highest BCUT2D eigenvalue weighted by atomic mass is 32.2. The zero-order valence-electron chi connectivity index (χ0n) is 12.1. The fourth-order valence-electron chi connectivity index (χ4n) is 1.53. The van der Waals surface area contributed by atoms with Gasteiger partial charge in [0, 0.05) is 18.3 Å². The van der Waals surface area contributed by atoms with Gasteiger partial charge in [0.1, 0.15) is 6.61 Å². The third-order valence-electron chi connectivity index (χ3n) is 2.14. The third kappa shape index (κ3) is 5.28. The number of carbonyl (C=O) groups excluding carboxylic acids is 1. The van der Waals surface area contributed by atoms with Gasteiger partial charge < -0.3 is 10.1 Å². The van der Waals surface area contributed by atoms with Crippen LogP contribution in [-0.4, -0.2) is 33.6 Å². The Hall–Kier alpha value is -1.44. The van der Waals surface area contributed by atoms with Gasteiger partial charge in [-0.25, -0.2) is 13.1 Å². The average Bonchev–Trinajstić information content (AvgIpc) is 2.26. The van der Waals surface area contributed by atoms with Crippen LogP contribution in [0.15, 0.2) is 29.2 Å². The normalized spacial score (nSPS) is 12.2. The quantitative estimate of drug-likeness (QED) is 0.859. The van der Waals surface area contributed by atoms with Crippen molar-refractivity contribution in [1.82, 2.24) is 4.72 Å². The predicted molar refractivity (Wildman–Crippen MR) is 77.0 cm³/mol. The second-order valence-electron chi connectivity index (χ2n) is 5.36. The maximum Gasteiger partial charge on any atom is 0.250 e. The number of hydrogen-bond donors (Lipinski definition) is 2. The van der Waals surface area contributed by atoms with Crippen LogP contribution < -0.4 is 10.0 Å². The molecule has 0 saturated heterocycles. The largest absolute Gasteiger partial charge is 0.375 e. The highest BCUT2D eigenvalue weighted by Gasteiger charge is 2.22. The molecule has 0 aromatic heterocycles. The molecule has 0 saturated carbocycles. The molecule has 7 heteroatoms. The van der Waals surface area contributed by atoms with Crippen molar-refractivity contribution in [3.05, 3.63) is 24.3 Å². The Balaban J connectivity index is 2.96. The van der Waals surface area contributed by atoms with Crippen molar-refractivity contribution >= 4 is 21.6 Å². The van der Waals surface area contributed by atoms with Gasteiger partial charge in [0.15, 0.2) is 0 Å². The molecule has 1 amide bonds. The molecular weight excluding hydrogens is 280 g/mol. The van der Waals surface area contributed by atoms with Crippen molar-refractivity contribution < 1.29 is 17.9 Å². The summed E-state index contributed by atoms with van der Waals surface area (Å²) in [4.78, 5) is 11.5. The van der Waals surface area contributed by atoms with E-state index in [2.05, 4.69) is 10.0 Å². The molecule has 6 nitrogen and oxygen atoms in total. The van der Waals surface area contributed by atoms with E-state index in [-0.39, 0.29) is 17.4 Å². The molecule has 0 bridgehead atoms. The Bertz CT molecular complexity index is 576. The van der Waals surface area contributed by atoms with E-state index < -0.39 is 15.6 Å². The van der Waals surface area contributed by atoms with Crippen LogP contribution >= 0.6 is 0 Å². The Morgan fingerprint density at radius 3 is 2.50 bits per heavy atom. The van der Waals surface area contributed by atoms with Gasteiger partial charge in [-0.3, -0.25) is 4.79 Å². The van der Waals surface area contributed by atoms with E-state index in [1.54, 1.807) is 32.9 Å². The second-order valence-corrected chi connectivity index (χ2v) is 7.05. The Morgan fingerprint density at radius 1 is 1.30 bits per heavy atom. The third-order valence-corrected chi connectivity index (χ3v) is 3.90. The first-order valence-corrected chi connectivity index (χ1v) is 7.55. The molecule has 0 aliphatic carbocycles. The predicted octanol–water partition coefficient (Wildman–Crippen LogP) is 1.35. The Labute approximate surface area is 119 Å². The van der Waals surface area contributed by atoms with Crippen molar-refractivity contribution in [3.8, 4) is 0 Å². The molecule has 0 radical (unpaired) electrons. The van der Waals surface area contributed by atoms with Crippen molar-refractivity contribution in [3.63, 3.8) is 0 Å². The van der Waals surface area contributed by atoms with Gasteiger partial charge in [-0.1, -0.05) is 6.07 Å². The number of rotatable bonds is 5. The van der Waals surface area contributed by atoms with Gasteiger partial charge in [-0.2, -0.15) is 0 Å². The van der Waals surface area contributed by atoms with Crippen LogP contribution in [0.2, 0.25) is 0 Å². The molecule has 2 N–H and O–H groups in total. The number of methoxy groups -OCH3 is 1. The van der Waals surface area contributed by atoms with E-state index in [9.17, 15) is 13.2 Å². The van der Waals surface area contributed by atoms with Gasteiger partial charge in [0.2, 0.25) is 15.9 Å². The van der Waals surface area contributed by atoms with Crippen molar-refractivity contribution in [2.75, 3.05) is 19.0 Å². The lowest BCUT2D eigenvalue weighted by molar-refractivity contribution is -0.119. The minimum absolute atomic E-state index is 0.0861. The van der Waals surface area contributed by atoms with Crippen LogP contribution in [0.25, 0.3) is 0 Å². The highest BCUT2D eigenvalue weighted by Crippen LogP contribution is 2.17. The molecule has 20 heavy (non-hydrogen) atoms. The zero-order chi connectivity index (χ0) is 15.4. The summed E-state index contributed by atoms with van der Waals surface area (Å²) in [6, 6.07) is 6.06. The molecule has 112 valence electrons. The van der Waals surface area contributed by atoms with Crippen LogP contribution in [0.3, 0.4) is 0 Å². The minimum atomic E-state index is -3.62. The van der Waals surface area contributed by atoms with Crippen LogP contribution in [0.4, 0.5) is 5.69 Å². The fourth-order valence-corrected chi connectivity index (χ4v) is 3.00. The maximum absolute atomic E-state index is 12.2. The number of amides is 1. The minimum Gasteiger partial charge on any atom is -0.375 e. The topological polar surface area (TPSA) is 84.5 Å². The van der Waals surface area contributed by atoms with E-state index in [4.69, 9.17) is 4.74 Å². The lowest BCUT2D eigenvalue weighted by atomic mass is 10.1. The molecule has 0 aliphatic heterocycles. The molecule has 0 unspecified atom stereocenters. The highest BCUT2D eigenvalue weighted by molar-refractivity contribution is 7.89. The van der Waals surface area contributed by atoms with Gasteiger partial charge >= 0.3 is 0 Å². The lowest BCUT2D eigenvalue weighted by Crippen LogP contribution is -2.40. The van der Waals surface area contributed by atoms with Gasteiger partial charge in [-0.15, -0.1) is 0 Å². The molecule has 0 fully saturated rings. The number of anilines is 1. The molecule has 0 atom stereocenters. The molecule has 1 rings (SSSR count). The first kappa shape index (κ1) is 16.6. The van der Waals surface area contributed by atoms with E-state index in [0.717, 1.165) is 0 Å². The van der Waals surface area contributed by atoms with Gasteiger partial charge in [0.05, 0.1) is 4.90 Å². The summed E-state index contributed by atoms with van der Waals surface area (Å²) in [5.74, 6) is -0.342. The van der Waals surface area contributed by atoms with Crippen LogP contribution in [0, 0.1) is 0 Å². The van der Waals surface area contributed by atoms with Gasteiger partial charge in [0.25, 0.3) is 0 Å². The summed E-state index contributed by atoms with van der Waals surface area (Å²) < 4.78 is 31.6. The van der Waals surface area contributed by atoms with E-state index >= 15 is 0 Å². The number of nitrogens with one attached hydrogen (secondary N) is 2. The standard InChI is InChI=1S/C13H20N2O4S/c1-13(2,3)15-20(17,18)11-7-5-6-10(8-11)14-12(16)9-19-4/h5-8,15H,9H2,1-4H3,(H,14,16). The molecular formula is C13H20N2O4S. The van der Waals surface area contributed by atoms with Crippen molar-refractivity contribution in [2.45, 2.75) is 31.2 Å². The molecule has 0 aliphatic rings. The lowest BCUT2D eigenvalue weighted by Gasteiger charge is -2.20.